The summed E-state index contributed by atoms with van der Waals surface area (Å²) in [4.78, 5) is 15.4. The fourth-order valence-electron chi connectivity index (χ4n) is 1.30. The number of hydrogen-bond acceptors (Lipinski definition) is 5. The topological polar surface area (TPSA) is 51.2 Å². The van der Waals surface area contributed by atoms with Gasteiger partial charge in [-0.25, -0.2) is 4.98 Å². The molecule has 1 aromatic heterocycles. The monoisotopic (exact) mass is 256 g/mol. The molecule has 0 saturated carbocycles. The standard InChI is InChI=1S/C12H20N2O2S/c1-9(2)6-7-13-12-14-10(8-17-12)4-5-11(15)16-3/h8-9H,4-7H2,1-3H3,(H,13,14). The second-order valence-corrected chi connectivity index (χ2v) is 5.19. The molecular weight excluding hydrogens is 236 g/mol. The smallest absolute Gasteiger partial charge is 0.305 e. The first-order chi connectivity index (χ1) is 8.11. The van der Waals surface area contributed by atoms with E-state index in [2.05, 4.69) is 28.9 Å². The van der Waals surface area contributed by atoms with Crippen molar-refractivity contribution in [2.24, 2.45) is 5.92 Å². The van der Waals surface area contributed by atoms with Gasteiger partial charge in [0.1, 0.15) is 0 Å². The molecule has 0 amide bonds. The molecule has 0 saturated heterocycles. The number of hydrogen-bond donors (Lipinski definition) is 1. The van der Waals surface area contributed by atoms with E-state index in [1.165, 1.54) is 7.11 Å². The molecule has 0 aliphatic heterocycles. The van der Waals surface area contributed by atoms with E-state index in [4.69, 9.17) is 0 Å². The molecule has 5 heteroatoms. The van der Waals surface area contributed by atoms with E-state index in [-0.39, 0.29) is 5.97 Å². The van der Waals surface area contributed by atoms with Gasteiger partial charge in [0, 0.05) is 18.3 Å². The molecule has 0 aliphatic carbocycles. The van der Waals surface area contributed by atoms with Crippen LogP contribution < -0.4 is 5.32 Å². The Hall–Kier alpha value is -1.10. The Balaban J connectivity index is 2.30. The van der Waals surface area contributed by atoms with Crippen LogP contribution in [0.3, 0.4) is 0 Å². The van der Waals surface area contributed by atoms with Crippen molar-refractivity contribution in [1.29, 1.82) is 0 Å². The van der Waals surface area contributed by atoms with Gasteiger partial charge in [0.15, 0.2) is 5.13 Å². The molecule has 0 radical (unpaired) electrons. The van der Waals surface area contributed by atoms with E-state index in [9.17, 15) is 4.79 Å². The lowest BCUT2D eigenvalue weighted by Gasteiger charge is -2.04. The van der Waals surface area contributed by atoms with Gasteiger partial charge >= 0.3 is 5.97 Å². The van der Waals surface area contributed by atoms with Crippen LogP contribution in [0.25, 0.3) is 0 Å². The number of thiazole rings is 1. The first-order valence-corrected chi connectivity index (χ1v) is 6.75. The van der Waals surface area contributed by atoms with Crippen LogP contribution >= 0.6 is 11.3 Å². The zero-order valence-electron chi connectivity index (χ0n) is 10.7. The summed E-state index contributed by atoms with van der Waals surface area (Å²) < 4.78 is 4.59. The maximum Gasteiger partial charge on any atom is 0.305 e. The molecule has 96 valence electrons. The third-order valence-electron chi connectivity index (χ3n) is 2.36. The van der Waals surface area contributed by atoms with E-state index in [0.717, 1.165) is 23.8 Å². The summed E-state index contributed by atoms with van der Waals surface area (Å²) in [6.45, 7) is 5.35. The first kappa shape index (κ1) is 14.0. The predicted octanol–water partition coefficient (Wildman–Crippen LogP) is 2.71. The Bertz CT molecular complexity index is 350. The number of carbonyl (C=O) groups is 1. The number of aromatic nitrogens is 1. The van der Waals surface area contributed by atoms with Crippen molar-refractivity contribution < 1.29 is 9.53 Å². The van der Waals surface area contributed by atoms with Crippen molar-refractivity contribution in [1.82, 2.24) is 4.98 Å². The summed E-state index contributed by atoms with van der Waals surface area (Å²) in [7, 11) is 1.41. The quantitative estimate of drug-likeness (QED) is 0.762. The second-order valence-electron chi connectivity index (χ2n) is 4.33. The summed E-state index contributed by atoms with van der Waals surface area (Å²) in [6.07, 6.45) is 2.18. The third kappa shape index (κ3) is 5.68. The fraction of sp³-hybridized carbons (Fsp3) is 0.667. The maximum atomic E-state index is 11.0. The molecule has 0 aromatic carbocycles. The molecule has 1 N–H and O–H groups in total. The van der Waals surface area contributed by atoms with Crippen LogP contribution in [0, 0.1) is 5.92 Å². The number of aryl methyl sites for hydroxylation is 1. The van der Waals surface area contributed by atoms with Crippen molar-refractivity contribution in [3.8, 4) is 0 Å². The molecule has 4 nitrogen and oxygen atoms in total. The average Bonchev–Trinajstić information content (AvgIpc) is 2.73. The molecule has 0 aliphatic rings. The van der Waals surface area contributed by atoms with Crippen molar-refractivity contribution in [2.45, 2.75) is 33.1 Å². The van der Waals surface area contributed by atoms with Gasteiger partial charge in [-0.05, 0) is 12.3 Å². The zero-order chi connectivity index (χ0) is 12.7. The lowest BCUT2D eigenvalue weighted by molar-refractivity contribution is -0.140. The van der Waals surface area contributed by atoms with Crippen LogP contribution in [-0.4, -0.2) is 24.6 Å². The number of esters is 1. The summed E-state index contributed by atoms with van der Waals surface area (Å²) in [5.41, 5.74) is 0.951. The van der Waals surface area contributed by atoms with Gasteiger partial charge in [-0.15, -0.1) is 11.3 Å². The highest BCUT2D eigenvalue weighted by Crippen LogP contribution is 2.17. The average molecular weight is 256 g/mol. The van der Waals surface area contributed by atoms with E-state index in [1.54, 1.807) is 11.3 Å². The van der Waals surface area contributed by atoms with Gasteiger partial charge in [-0.3, -0.25) is 4.79 Å². The highest BCUT2D eigenvalue weighted by atomic mass is 32.1. The van der Waals surface area contributed by atoms with Crippen LogP contribution in [0.4, 0.5) is 5.13 Å². The molecule has 0 unspecified atom stereocenters. The lowest BCUT2D eigenvalue weighted by atomic mass is 10.1. The molecule has 1 heterocycles. The molecule has 0 bridgehead atoms. The minimum absolute atomic E-state index is 0.188. The van der Waals surface area contributed by atoms with Crippen LogP contribution in [0.5, 0.6) is 0 Å². The van der Waals surface area contributed by atoms with Crippen LogP contribution in [0.2, 0.25) is 0 Å². The van der Waals surface area contributed by atoms with Gasteiger partial charge in [0.05, 0.1) is 19.2 Å². The largest absolute Gasteiger partial charge is 0.469 e. The number of rotatable bonds is 7. The molecule has 0 fully saturated rings. The minimum atomic E-state index is -0.188. The number of nitrogens with zero attached hydrogens (tertiary/aromatic N) is 1. The highest BCUT2D eigenvalue weighted by molar-refractivity contribution is 7.13. The Morgan fingerprint density at radius 3 is 3.00 bits per heavy atom. The van der Waals surface area contributed by atoms with Gasteiger partial charge in [-0.1, -0.05) is 13.8 Å². The number of methoxy groups -OCH3 is 1. The summed E-state index contributed by atoms with van der Waals surface area (Å²) in [6, 6.07) is 0. The van der Waals surface area contributed by atoms with Crippen LogP contribution in [-0.2, 0) is 16.0 Å². The SMILES string of the molecule is COC(=O)CCc1csc(NCCC(C)C)n1. The number of nitrogens with one attached hydrogen (secondary N) is 1. The molecule has 1 aromatic rings. The van der Waals surface area contributed by atoms with Crippen molar-refractivity contribution in [2.75, 3.05) is 19.0 Å². The van der Waals surface area contributed by atoms with Crippen molar-refractivity contribution in [3.63, 3.8) is 0 Å². The third-order valence-corrected chi connectivity index (χ3v) is 3.21. The molecule has 0 atom stereocenters. The zero-order valence-corrected chi connectivity index (χ0v) is 11.5. The summed E-state index contributed by atoms with van der Waals surface area (Å²) >= 11 is 1.59. The van der Waals surface area contributed by atoms with E-state index < -0.39 is 0 Å². The fourth-order valence-corrected chi connectivity index (χ4v) is 2.08. The van der Waals surface area contributed by atoms with Gasteiger partial charge in [0.25, 0.3) is 0 Å². The van der Waals surface area contributed by atoms with Gasteiger partial charge in [-0.2, -0.15) is 0 Å². The van der Waals surface area contributed by atoms with Gasteiger partial charge in [0.2, 0.25) is 0 Å². The lowest BCUT2D eigenvalue weighted by Crippen LogP contribution is -2.05. The Kier molecular flexibility index (Phi) is 5.97. The number of ether oxygens (including phenoxy) is 1. The van der Waals surface area contributed by atoms with Crippen molar-refractivity contribution in [3.05, 3.63) is 11.1 Å². The van der Waals surface area contributed by atoms with Crippen LogP contribution in [0.1, 0.15) is 32.4 Å². The van der Waals surface area contributed by atoms with E-state index >= 15 is 0 Å². The first-order valence-electron chi connectivity index (χ1n) is 5.87. The summed E-state index contributed by atoms with van der Waals surface area (Å²) in [5, 5.41) is 6.21. The van der Waals surface area contributed by atoms with E-state index in [1.807, 2.05) is 5.38 Å². The number of anilines is 1. The maximum absolute atomic E-state index is 11.0. The van der Waals surface area contributed by atoms with Crippen LogP contribution in [0.15, 0.2) is 5.38 Å². The Labute approximate surface area is 106 Å². The second kappa shape index (κ2) is 7.27. The molecule has 0 spiro atoms. The van der Waals surface area contributed by atoms with E-state index in [0.29, 0.717) is 18.8 Å². The number of carbonyl (C=O) groups excluding carboxylic acids is 1. The van der Waals surface area contributed by atoms with Gasteiger partial charge < -0.3 is 10.1 Å². The molecule has 1 rings (SSSR count). The minimum Gasteiger partial charge on any atom is -0.469 e. The van der Waals surface area contributed by atoms with Crippen molar-refractivity contribution >= 4 is 22.4 Å². The predicted molar refractivity (Wildman–Crippen MR) is 70.4 cm³/mol. The molecular formula is C12H20N2O2S. The normalized spacial score (nSPS) is 10.6. The molecule has 17 heavy (non-hydrogen) atoms. The highest BCUT2D eigenvalue weighted by Gasteiger charge is 2.05. The Morgan fingerprint density at radius 2 is 2.35 bits per heavy atom. The summed E-state index contributed by atoms with van der Waals surface area (Å²) in [5.74, 6) is 0.508. The Morgan fingerprint density at radius 1 is 1.59 bits per heavy atom.